The first-order chi connectivity index (χ1) is 9.15. The zero-order chi connectivity index (χ0) is 13.7. The number of nitrogens with zero attached hydrogens (tertiary/aromatic N) is 1. The summed E-state index contributed by atoms with van der Waals surface area (Å²) in [5, 5.41) is 7.06. The minimum atomic E-state index is 0.0742. The van der Waals surface area contributed by atoms with Crippen molar-refractivity contribution in [2.24, 2.45) is 0 Å². The van der Waals surface area contributed by atoms with Gasteiger partial charge in [0.2, 0.25) is 5.91 Å². The molecule has 19 heavy (non-hydrogen) atoms. The third kappa shape index (κ3) is 4.45. The highest BCUT2D eigenvalue weighted by Crippen LogP contribution is 2.16. The number of likely N-dealkylation sites (N-methyl/N-ethyl adjacent to an activating group) is 1. The largest absolute Gasteiger partial charge is 0.350 e. The molecule has 0 saturated heterocycles. The highest BCUT2D eigenvalue weighted by molar-refractivity contribution is 7.10. The summed E-state index contributed by atoms with van der Waals surface area (Å²) in [7, 11) is 1.98. The van der Waals surface area contributed by atoms with Gasteiger partial charge in [0.15, 0.2) is 0 Å². The SMILES string of the molecule is Cc1ccsc1CN(C)CC(=O)NCc1cccs1. The van der Waals surface area contributed by atoms with Crippen LogP contribution in [0.15, 0.2) is 29.0 Å². The lowest BCUT2D eigenvalue weighted by Crippen LogP contribution is -2.34. The summed E-state index contributed by atoms with van der Waals surface area (Å²) in [4.78, 5) is 16.4. The first kappa shape index (κ1) is 14.2. The number of thiophene rings is 2. The predicted molar refractivity (Wildman–Crippen MR) is 81.6 cm³/mol. The van der Waals surface area contributed by atoms with Gasteiger partial charge in [-0.2, -0.15) is 0 Å². The molecule has 0 aliphatic carbocycles. The van der Waals surface area contributed by atoms with Gasteiger partial charge < -0.3 is 5.32 Å². The second-order valence-electron chi connectivity index (χ2n) is 4.56. The van der Waals surface area contributed by atoms with Crippen LogP contribution in [0, 0.1) is 6.92 Å². The summed E-state index contributed by atoms with van der Waals surface area (Å²) in [6.45, 7) is 4.00. The highest BCUT2D eigenvalue weighted by Gasteiger charge is 2.09. The molecule has 0 bridgehead atoms. The van der Waals surface area contributed by atoms with E-state index in [0.29, 0.717) is 13.1 Å². The lowest BCUT2D eigenvalue weighted by atomic mass is 10.3. The minimum Gasteiger partial charge on any atom is -0.350 e. The lowest BCUT2D eigenvalue weighted by Gasteiger charge is -2.15. The number of amides is 1. The Kier molecular flexibility index (Phi) is 5.13. The molecule has 0 atom stereocenters. The number of rotatable bonds is 6. The molecule has 5 heteroatoms. The molecule has 0 aliphatic heterocycles. The molecule has 2 rings (SSSR count). The number of hydrogen-bond acceptors (Lipinski definition) is 4. The van der Waals surface area contributed by atoms with Gasteiger partial charge in [0, 0.05) is 16.3 Å². The molecule has 2 aromatic rings. The van der Waals surface area contributed by atoms with Gasteiger partial charge in [-0.15, -0.1) is 22.7 Å². The van der Waals surface area contributed by atoms with Crippen LogP contribution in [0.3, 0.4) is 0 Å². The van der Waals surface area contributed by atoms with E-state index in [4.69, 9.17) is 0 Å². The van der Waals surface area contributed by atoms with E-state index in [0.717, 1.165) is 6.54 Å². The molecule has 1 N–H and O–H groups in total. The van der Waals surface area contributed by atoms with Crippen molar-refractivity contribution in [1.82, 2.24) is 10.2 Å². The van der Waals surface area contributed by atoms with E-state index in [1.54, 1.807) is 22.7 Å². The summed E-state index contributed by atoms with van der Waals surface area (Å²) in [5.41, 5.74) is 1.30. The molecule has 0 spiro atoms. The number of aryl methyl sites for hydroxylation is 1. The van der Waals surface area contributed by atoms with Crippen molar-refractivity contribution in [1.29, 1.82) is 0 Å². The Bertz CT molecular complexity index is 519. The predicted octanol–water partition coefficient (Wildman–Crippen LogP) is 2.87. The molecule has 0 unspecified atom stereocenters. The maximum absolute atomic E-state index is 11.8. The van der Waals surface area contributed by atoms with Gasteiger partial charge in [-0.1, -0.05) is 6.07 Å². The van der Waals surface area contributed by atoms with Crippen molar-refractivity contribution in [3.8, 4) is 0 Å². The molecule has 102 valence electrons. The van der Waals surface area contributed by atoms with Gasteiger partial charge in [-0.05, 0) is 42.4 Å². The molecule has 2 heterocycles. The van der Waals surface area contributed by atoms with Gasteiger partial charge >= 0.3 is 0 Å². The summed E-state index contributed by atoms with van der Waals surface area (Å²) in [6.07, 6.45) is 0. The second-order valence-corrected chi connectivity index (χ2v) is 6.59. The van der Waals surface area contributed by atoms with Crippen LogP contribution in [0.2, 0.25) is 0 Å². The van der Waals surface area contributed by atoms with Crippen LogP contribution >= 0.6 is 22.7 Å². The number of carbonyl (C=O) groups excluding carboxylic acids is 1. The van der Waals surface area contributed by atoms with Crippen molar-refractivity contribution in [2.75, 3.05) is 13.6 Å². The summed E-state index contributed by atoms with van der Waals surface area (Å²) in [6, 6.07) is 6.15. The van der Waals surface area contributed by atoms with Crippen LogP contribution in [0.5, 0.6) is 0 Å². The zero-order valence-electron chi connectivity index (χ0n) is 11.2. The first-order valence-electron chi connectivity index (χ1n) is 6.16. The number of carbonyl (C=O) groups is 1. The number of nitrogens with one attached hydrogen (secondary N) is 1. The fourth-order valence-corrected chi connectivity index (χ4v) is 3.40. The van der Waals surface area contributed by atoms with Crippen LogP contribution in [0.1, 0.15) is 15.3 Å². The van der Waals surface area contributed by atoms with E-state index in [1.165, 1.54) is 15.3 Å². The fraction of sp³-hybridized carbons (Fsp3) is 0.357. The van der Waals surface area contributed by atoms with Crippen LogP contribution in [0.25, 0.3) is 0 Å². The van der Waals surface area contributed by atoms with Crippen molar-refractivity contribution in [3.63, 3.8) is 0 Å². The maximum atomic E-state index is 11.8. The summed E-state index contributed by atoms with van der Waals surface area (Å²) < 4.78 is 0. The standard InChI is InChI=1S/C14H18N2OS2/c1-11-5-7-19-13(11)9-16(2)10-14(17)15-8-12-4-3-6-18-12/h3-7H,8-10H2,1-2H3,(H,15,17). The average molecular weight is 294 g/mol. The molecule has 1 amide bonds. The minimum absolute atomic E-state index is 0.0742. The van der Waals surface area contributed by atoms with E-state index >= 15 is 0 Å². The Morgan fingerprint density at radius 2 is 2.16 bits per heavy atom. The fourth-order valence-electron chi connectivity index (χ4n) is 1.77. The van der Waals surface area contributed by atoms with Crippen molar-refractivity contribution in [3.05, 3.63) is 44.3 Å². The second kappa shape index (κ2) is 6.84. The third-order valence-corrected chi connectivity index (χ3v) is 4.72. The molecule has 0 aliphatic rings. The summed E-state index contributed by atoms with van der Waals surface area (Å²) >= 11 is 3.41. The highest BCUT2D eigenvalue weighted by atomic mass is 32.1. The maximum Gasteiger partial charge on any atom is 0.234 e. The van der Waals surface area contributed by atoms with Crippen LogP contribution in [-0.2, 0) is 17.9 Å². The van der Waals surface area contributed by atoms with E-state index in [2.05, 4.69) is 23.7 Å². The van der Waals surface area contributed by atoms with E-state index in [-0.39, 0.29) is 5.91 Å². The van der Waals surface area contributed by atoms with Gasteiger partial charge in [0.25, 0.3) is 0 Å². The Labute approximate surface area is 121 Å². The lowest BCUT2D eigenvalue weighted by molar-refractivity contribution is -0.122. The van der Waals surface area contributed by atoms with Gasteiger partial charge in [-0.25, -0.2) is 0 Å². The Hall–Kier alpha value is -1.17. The smallest absolute Gasteiger partial charge is 0.234 e. The molecule has 3 nitrogen and oxygen atoms in total. The Morgan fingerprint density at radius 3 is 2.79 bits per heavy atom. The van der Waals surface area contributed by atoms with E-state index in [9.17, 15) is 4.79 Å². The molecule has 0 aromatic carbocycles. The van der Waals surface area contributed by atoms with Crippen molar-refractivity contribution >= 4 is 28.6 Å². The molecule has 0 saturated carbocycles. The topological polar surface area (TPSA) is 32.3 Å². The van der Waals surface area contributed by atoms with E-state index < -0.39 is 0 Å². The molecule has 2 aromatic heterocycles. The Morgan fingerprint density at radius 1 is 1.32 bits per heavy atom. The van der Waals surface area contributed by atoms with Crippen molar-refractivity contribution < 1.29 is 4.79 Å². The van der Waals surface area contributed by atoms with Crippen LogP contribution < -0.4 is 5.32 Å². The zero-order valence-corrected chi connectivity index (χ0v) is 12.8. The third-order valence-electron chi connectivity index (χ3n) is 2.84. The molecule has 0 fully saturated rings. The molecule has 0 radical (unpaired) electrons. The normalized spacial score (nSPS) is 10.9. The number of hydrogen-bond donors (Lipinski definition) is 1. The quantitative estimate of drug-likeness (QED) is 0.888. The van der Waals surface area contributed by atoms with Gasteiger partial charge in [0.05, 0.1) is 13.1 Å². The van der Waals surface area contributed by atoms with Crippen LogP contribution in [0.4, 0.5) is 0 Å². The molecular formula is C14H18N2OS2. The monoisotopic (exact) mass is 294 g/mol. The van der Waals surface area contributed by atoms with Crippen LogP contribution in [-0.4, -0.2) is 24.4 Å². The first-order valence-corrected chi connectivity index (χ1v) is 7.91. The molecular weight excluding hydrogens is 276 g/mol. The van der Waals surface area contributed by atoms with E-state index in [1.807, 2.05) is 29.5 Å². The van der Waals surface area contributed by atoms with Gasteiger partial charge in [-0.3, -0.25) is 9.69 Å². The summed E-state index contributed by atoms with van der Waals surface area (Å²) in [5.74, 6) is 0.0742. The average Bonchev–Trinajstić information content (AvgIpc) is 2.99. The van der Waals surface area contributed by atoms with Gasteiger partial charge in [0.1, 0.15) is 0 Å². The van der Waals surface area contributed by atoms with Crippen molar-refractivity contribution in [2.45, 2.75) is 20.0 Å². The Balaban J connectivity index is 1.74.